The Kier molecular flexibility index (Phi) is 2.36. The van der Waals surface area contributed by atoms with Crippen molar-refractivity contribution in [2.24, 2.45) is 0 Å². The van der Waals surface area contributed by atoms with Crippen molar-refractivity contribution in [2.45, 2.75) is 0 Å². The van der Waals surface area contributed by atoms with Gasteiger partial charge in [-0.05, 0) is 12.1 Å². The summed E-state index contributed by atoms with van der Waals surface area (Å²) in [5, 5.41) is 0.0894. The van der Waals surface area contributed by atoms with Crippen molar-refractivity contribution in [1.82, 2.24) is 29.5 Å². The number of imidazole rings is 2. The molecule has 0 fully saturated rings. The van der Waals surface area contributed by atoms with Crippen LogP contribution in [-0.2, 0) is 0 Å². The highest BCUT2D eigenvalue weighted by atomic mass is 35.5. The molecule has 0 aliphatic carbocycles. The highest BCUT2D eigenvalue weighted by Gasteiger charge is 2.13. The second-order valence-electron chi connectivity index (χ2n) is 4.36. The number of H-pyrrole nitrogens is 2. The minimum Gasteiger partial charge on any atom is -0.302 e. The maximum Gasteiger partial charge on any atom is 0.325 e. The van der Waals surface area contributed by atoms with Gasteiger partial charge in [0.15, 0.2) is 10.8 Å². The highest BCUT2D eigenvalue weighted by molar-refractivity contribution is 6.33. The Bertz CT molecular complexity index is 1050. The number of hydrogen-bond donors (Lipinski definition) is 2. The molecule has 0 aliphatic rings. The molecule has 1 aromatic carbocycles. The fourth-order valence-corrected chi connectivity index (χ4v) is 2.34. The van der Waals surface area contributed by atoms with Crippen molar-refractivity contribution in [2.75, 3.05) is 0 Å². The van der Waals surface area contributed by atoms with Crippen LogP contribution in [-0.4, -0.2) is 29.5 Å². The van der Waals surface area contributed by atoms with E-state index in [2.05, 4.69) is 24.9 Å². The third-order valence-corrected chi connectivity index (χ3v) is 3.32. The first kappa shape index (κ1) is 12.0. The number of benzene rings is 1. The summed E-state index contributed by atoms with van der Waals surface area (Å²) in [5.74, 6) is -0.206. The Balaban J connectivity index is 2.03. The number of aromatic amines is 2. The van der Waals surface area contributed by atoms with E-state index in [1.807, 2.05) is 0 Å². The molecular weight excluding hydrogens is 299 g/mol. The highest BCUT2D eigenvalue weighted by Crippen LogP contribution is 2.21. The fraction of sp³-hybridized carbons (Fsp3) is 0. The zero-order valence-electron chi connectivity index (χ0n) is 10.3. The van der Waals surface area contributed by atoms with E-state index in [-0.39, 0.29) is 16.7 Å². The van der Waals surface area contributed by atoms with Gasteiger partial charge in [-0.15, -0.1) is 0 Å². The van der Waals surface area contributed by atoms with Crippen molar-refractivity contribution in [1.29, 1.82) is 0 Å². The number of nitrogens with zero attached hydrogens (tertiary/aromatic N) is 4. The van der Waals surface area contributed by atoms with E-state index in [1.54, 1.807) is 6.07 Å². The second kappa shape index (κ2) is 4.13. The van der Waals surface area contributed by atoms with Gasteiger partial charge >= 0.3 is 5.69 Å². The molecule has 21 heavy (non-hydrogen) atoms. The van der Waals surface area contributed by atoms with Crippen molar-refractivity contribution in [3.05, 3.63) is 46.0 Å². The third-order valence-electron chi connectivity index (χ3n) is 3.05. The topological polar surface area (TPSA) is 92.2 Å². The molecule has 0 unspecified atom stereocenters. The lowest BCUT2D eigenvalue weighted by Crippen LogP contribution is -2.01. The molecule has 9 heteroatoms. The van der Waals surface area contributed by atoms with Crippen molar-refractivity contribution in [3.8, 4) is 5.95 Å². The molecule has 0 saturated carbocycles. The van der Waals surface area contributed by atoms with E-state index in [1.165, 1.54) is 23.0 Å². The molecule has 7 nitrogen and oxygen atoms in total. The van der Waals surface area contributed by atoms with Gasteiger partial charge < -0.3 is 4.98 Å². The number of hydrogen-bond acceptors (Lipinski definition) is 4. The number of aromatic nitrogens is 6. The van der Waals surface area contributed by atoms with Crippen LogP contribution >= 0.6 is 11.6 Å². The van der Waals surface area contributed by atoms with Crippen LogP contribution in [0.15, 0.2) is 29.3 Å². The van der Waals surface area contributed by atoms with E-state index in [0.29, 0.717) is 16.6 Å². The molecule has 2 N–H and O–H groups in total. The molecule has 0 atom stereocenters. The maximum atomic E-state index is 13.4. The lowest BCUT2D eigenvalue weighted by Gasteiger charge is -2.03. The van der Waals surface area contributed by atoms with Gasteiger partial charge in [0, 0.05) is 6.07 Å². The summed E-state index contributed by atoms with van der Waals surface area (Å²) >= 11 is 6.03. The predicted molar refractivity (Wildman–Crippen MR) is 74.1 cm³/mol. The predicted octanol–water partition coefficient (Wildman–Crippen LogP) is 1.78. The monoisotopic (exact) mass is 304 g/mol. The van der Waals surface area contributed by atoms with Gasteiger partial charge in [-0.25, -0.2) is 14.2 Å². The number of halogens is 2. The summed E-state index contributed by atoms with van der Waals surface area (Å²) in [6, 6.07) is 4.20. The molecule has 4 aromatic rings. The Morgan fingerprint density at radius 3 is 2.95 bits per heavy atom. The van der Waals surface area contributed by atoms with Gasteiger partial charge in [0.05, 0.1) is 11.0 Å². The molecule has 0 bridgehead atoms. The number of fused-ring (bicyclic) bond motifs is 2. The molecule has 3 heterocycles. The van der Waals surface area contributed by atoms with E-state index in [9.17, 15) is 9.18 Å². The zero-order valence-corrected chi connectivity index (χ0v) is 11.0. The van der Waals surface area contributed by atoms with Crippen molar-refractivity contribution in [3.63, 3.8) is 0 Å². The van der Waals surface area contributed by atoms with E-state index >= 15 is 0 Å². The lowest BCUT2D eigenvalue weighted by molar-refractivity contribution is 0.629. The molecule has 4 rings (SSSR count). The minimum absolute atomic E-state index is 0.0894. The Labute approximate surface area is 120 Å². The fourth-order valence-electron chi connectivity index (χ4n) is 2.12. The Hall–Kier alpha value is -2.74. The molecule has 0 aliphatic heterocycles. The van der Waals surface area contributed by atoms with Crippen LogP contribution in [0.5, 0.6) is 0 Å². The zero-order chi connectivity index (χ0) is 14.6. The van der Waals surface area contributed by atoms with E-state index in [0.717, 1.165) is 0 Å². The molecule has 0 amide bonds. The molecule has 104 valence electrons. The van der Waals surface area contributed by atoms with Crippen molar-refractivity contribution >= 4 is 33.8 Å². The summed E-state index contributed by atoms with van der Waals surface area (Å²) in [6.07, 6.45) is 1.46. The minimum atomic E-state index is -0.431. The third kappa shape index (κ3) is 1.80. The molecule has 3 aromatic heterocycles. The largest absolute Gasteiger partial charge is 0.325 e. The van der Waals surface area contributed by atoms with Gasteiger partial charge in [-0.1, -0.05) is 11.6 Å². The Morgan fingerprint density at radius 2 is 2.10 bits per heavy atom. The Morgan fingerprint density at radius 1 is 1.24 bits per heavy atom. The number of rotatable bonds is 1. The lowest BCUT2D eigenvalue weighted by atomic mass is 10.3. The van der Waals surface area contributed by atoms with Crippen LogP contribution < -0.4 is 5.69 Å². The summed E-state index contributed by atoms with van der Waals surface area (Å²) in [7, 11) is 0. The smallest absolute Gasteiger partial charge is 0.302 e. The first-order chi connectivity index (χ1) is 10.1. The first-order valence-electron chi connectivity index (χ1n) is 5.90. The molecule has 0 radical (unpaired) electrons. The number of nitrogens with one attached hydrogen (secondary N) is 2. The second-order valence-corrected chi connectivity index (χ2v) is 4.72. The van der Waals surface area contributed by atoms with Crippen LogP contribution in [0.3, 0.4) is 0 Å². The maximum absolute atomic E-state index is 13.4. The normalized spacial score (nSPS) is 11.5. The first-order valence-corrected chi connectivity index (χ1v) is 6.28. The van der Waals surface area contributed by atoms with Crippen LogP contribution in [0.1, 0.15) is 0 Å². The van der Waals surface area contributed by atoms with Crippen molar-refractivity contribution < 1.29 is 4.39 Å². The quantitative estimate of drug-likeness (QED) is 0.524. The van der Waals surface area contributed by atoms with Crippen LogP contribution in [0, 0.1) is 5.82 Å². The van der Waals surface area contributed by atoms with Gasteiger partial charge in [-0.3, -0.25) is 9.55 Å². The molecule has 0 spiro atoms. The molecular formula is C12H6ClFN6O. The van der Waals surface area contributed by atoms with E-state index in [4.69, 9.17) is 11.6 Å². The van der Waals surface area contributed by atoms with Gasteiger partial charge in [0.2, 0.25) is 5.95 Å². The summed E-state index contributed by atoms with van der Waals surface area (Å²) in [6.45, 7) is 0. The molecule has 0 saturated heterocycles. The standard InChI is InChI=1S/C12H6ClFN6O/c13-9-8-10(19-12(21)16-8)18-11(17-9)20-4-15-6-2-1-5(14)3-7(6)20/h1-4H,(H2,16,17,18,19,21). The van der Waals surface area contributed by atoms with Gasteiger partial charge in [0.1, 0.15) is 17.7 Å². The SMILES string of the molecule is O=c1[nH]c2nc(-n3cnc4ccc(F)cc43)nc(Cl)c2[nH]1. The van der Waals surface area contributed by atoms with Crippen LogP contribution in [0.2, 0.25) is 5.15 Å². The summed E-state index contributed by atoms with van der Waals surface area (Å²) < 4.78 is 14.9. The average molecular weight is 305 g/mol. The van der Waals surface area contributed by atoms with E-state index < -0.39 is 11.5 Å². The van der Waals surface area contributed by atoms with Crippen LogP contribution in [0.4, 0.5) is 4.39 Å². The van der Waals surface area contributed by atoms with Gasteiger partial charge in [0.25, 0.3) is 0 Å². The summed E-state index contributed by atoms with van der Waals surface area (Å²) in [5.41, 5.74) is 1.26. The van der Waals surface area contributed by atoms with Gasteiger partial charge in [-0.2, -0.15) is 9.97 Å². The average Bonchev–Trinajstić information content (AvgIpc) is 3.01. The van der Waals surface area contributed by atoms with Crippen LogP contribution in [0.25, 0.3) is 28.1 Å². The summed E-state index contributed by atoms with van der Waals surface area (Å²) in [4.78, 5) is 28.7.